The molecule has 0 amide bonds. The van der Waals surface area contributed by atoms with Gasteiger partial charge < -0.3 is 10.4 Å². The molecule has 1 heterocycles. The molecule has 19 heavy (non-hydrogen) atoms. The molecule has 1 fully saturated rings. The Kier molecular flexibility index (Phi) is 5.95. The largest absolute Gasteiger partial charge is 0.394 e. The lowest BCUT2D eigenvalue weighted by Crippen LogP contribution is -2.49. The number of aliphatic hydroxyl groups excluding tert-OH is 1. The second kappa shape index (κ2) is 7.26. The van der Waals surface area contributed by atoms with Crippen LogP contribution in [0.5, 0.6) is 0 Å². The van der Waals surface area contributed by atoms with Crippen molar-refractivity contribution in [2.45, 2.75) is 39.9 Å². The molecule has 7 heteroatoms. The van der Waals surface area contributed by atoms with Crippen molar-refractivity contribution in [3.8, 4) is 0 Å². The summed E-state index contributed by atoms with van der Waals surface area (Å²) in [6.45, 7) is 0.244. The Morgan fingerprint density at radius 3 is 2.89 bits per heavy atom. The van der Waals surface area contributed by atoms with E-state index >= 15 is 0 Å². The van der Waals surface area contributed by atoms with Gasteiger partial charge in [0.1, 0.15) is 0 Å². The molecule has 108 valence electrons. The zero-order valence-corrected chi connectivity index (χ0v) is 13.8. The average molecular weight is 320 g/mol. The summed E-state index contributed by atoms with van der Waals surface area (Å²) in [5, 5.41) is 21.3. The second-order valence-corrected chi connectivity index (χ2v) is 8.20. The average Bonchev–Trinajstić information content (AvgIpc) is 3.06. The third-order valence-corrected chi connectivity index (χ3v) is 7.06. The lowest BCUT2D eigenvalue weighted by atomic mass is 9.86. The lowest BCUT2D eigenvalue weighted by Gasteiger charge is -2.33. The molecular weight excluding hydrogens is 298 g/mol. The van der Waals surface area contributed by atoms with Gasteiger partial charge in [-0.15, -0.1) is 10.2 Å². The molecule has 2 unspecified atom stereocenters. The topological polar surface area (TPSA) is 58.0 Å². The molecule has 2 rings (SSSR count). The number of aliphatic hydroxyl groups is 1. The van der Waals surface area contributed by atoms with E-state index in [0.717, 1.165) is 27.3 Å². The van der Waals surface area contributed by atoms with Crippen molar-refractivity contribution in [3.63, 3.8) is 0 Å². The smallest absolute Gasteiger partial charge is 0.175 e. The predicted molar refractivity (Wildman–Crippen MR) is 83.2 cm³/mol. The van der Waals surface area contributed by atoms with Crippen molar-refractivity contribution in [3.05, 3.63) is 0 Å². The molecule has 1 aliphatic rings. The Morgan fingerprint density at radius 1 is 1.47 bits per heavy atom. The van der Waals surface area contributed by atoms with E-state index < -0.39 is 0 Å². The monoisotopic (exact) mass is 319 g/mol. The first-order valence-electron chi connectivity index (χ1n) is 6.54. The normalized spacial score (nSPS) is 27.0. The van der Waals surface area contributed by atoms with E-state index in [0.29, 0.717) is 5.92 Å². The van der Waals surface area contributed by atoms with Crippen molar-refractivity contribution in [2.75, 3.05) is 25.7 Å². The highest BCUT2D eigenvalue weighted by molar-refractivity contribution is 8.02. The molecule has 0 aromatic carbocycles. The van der Waals surface area contributed by atoms with Crippen LogP contribution in [0.3, 0.4) is 0 Å². The minimum Gasteiger partial charge on any atom is -0.394 e. The van der Waals surface area contributed by atoms with Crippen LogP contribution in [0.2, 0.25) is 0 Å². The number of hydrogen-bond donors (Lipinski definition) is 2. The van der Waals surface area contributed by atoms with Crippen LogP contribution in [-0.2, 0) is 0 Å². The Balaban J connectivity index is 1.81. The fourth-order valence-electron chi connectivity index (χ4n) is 2.81. The molecule has 1 aromatic rings. The van der Waals surface area contributed by atoms with Gasteiger partial charge in [0.2, 0.25) is 0 Å². The summed E-state index contributed by atoms with van der Waals surface area (Å²) in [6, 6.07) is 0. The third kappa shape index (κ3) is 3.64. The van der Waals surface area contributed by atoms with Gasteiger partial charge in [-0.2, -0.15) is 0 Å². The second-order valence-electron chi connectivity index (χ2n) is 4.83. The van der Waals surface area contributed by atoms with Crippen molar-refractivity contribution < 1.29 is 5.11 Å². The van der Waals surface area contributed by atoms with Gasteiger partial charge in [0.05, 0.1) is 6.61 Å². The maximum absolute atomic E-state index is 9.65. The first-order chi connectivity index (χ1) is 9.24. The van der Waals surface area contributed by atoms with Gasteiger partial charge >= 0.3 is 0 Å². The number of rotatable bonds is 7. The lowest BCUT2D eigenvalue weighted by molar-refractivity contribution is 0.130. The van der Waals surface area contributed by atoms with Crippen LogP contribution < -0.4 is 5.32 Å². The zero-order valence-electron chi connectivity index (χ0n) is 11.4. The van der Waals surface area contributed by atoms with E-state index in [1.54, 1.807) is 34.9 Å². The van der Waals surface area contributed by atoms with Gasteiger partial charge in [0.25, 0.3) is 0 Å². The minimum atomic E-state index is -0.0495. The predicted octanol–water partition coefficient (Wildman–Crippen LogP) is 2.49. The Hall–Kier alpha value is 0.180. The molecule has 0 aliphatic heterocycles. The molecule has 1 aliphatic carbocycles. The third-order valence-electron chi connectivity index (χ3n) is 3.99. The molecular formula is C12H21N3OS3. The van der Waals surface area contributed by atoms with E-state index in [1.165, 1.54) is 12.8 Å². The molecule has 0 radical (unpaired) electrons. The maximum Gasteiger partial charge on any atom is 0.175 e. The first-order valence-corrected chi connectivity index (χ1v) is 9.57. The minimum absolute atomic E-state index is 0.0495. The summed E-state index contributed by atoms with van der Waals surface area (Å²) in [7, 11) is 1.97. The summed E-state index contributed by atoms with van der Waals surface area (Å²) in [4.78, 5) is 0. The molecule has 2 N–H and O–H groups in total. The van der Waals surface area contributed by atoms with Gasteiger partial charge in [0.15, 0.2) is 8.68 Å². The molecule has 4 nitrogen and oxygen atoms in total. The van der Waals surface area contributed by atoms with Crippen LogP contribution in [0.15, 0.2) is 8.68 Å². The highest BCUT2D eigenvalue weighted by atomic mass is 32.2. The van der Waals surface area contributed by atoms with Crippen LogP contribution in [-0.4, -0.2) is 46.5 Å². The molecule has 0 saturated heterocycles. The Morgan fingerprint density at radius 2 is 2.26 bits per heavy atom. The quantitative estimate of drug-likeness (QED) is 0.753. The number of nitrogens with one attached hydrogen (secondary N) is 1. The van der Waals surface area contributed by atoms with Crippen LogP contribution in [0.25, 0.3) is 0 Å². The number of aromatic nitrogens is 2. The van der Waals surface area contributed by atoms with Crippen molar-refractivity contribution >= 4 is 34.9 Å². The van der Waals surface area contributed by atoms with Crippen molar-refractivity contribution in [2.24, 2.45) is 5.92 Å². The molecule has 0 bridgehead atoms. The van der Waals surface area contributed by atoms with Crippen molar-refractivity contribution in [1.29, 1.82) is 0 Å². The summed E-state index contributed by atoms with van der Waals surface area (Å²) in [6.07, 6.45) is 6.67. The number of likely N-dealkylation sites (N-methyl/N-ethyl adjacent to an activating group) is 1. The molecule has 0 spiro atoms. The van der Waals surface area contributed by atoms with E-state index in [1.807, 2.05) is 13.3 Å². The van der Waals surface area contributed by atoms with Crippen LogP contribution >= 0.6 is 34.9 Å². The summed E-state index contributed by atoms with van der Waals surface area (Å²) in [5.74, 6) is 1.62. The molecule has 1 saturated carbocycles. The Bertz CT molecular complexity index is 395. The SMILES string of the molecule is CNC1(CO)CCCC1CCSc1nnc(SC)s1. The van der Waals surface area contributed by atoms with Crippen molar-refractivity contribution in [1.82, 2.24) is 15.5 Å². The van der Waals surface area contributed by atoms with Gasteiger partial charge in [0, 0.05) is 11.3 Å². The van der Waals surface area contributed by atoms with E-state index in [9.17, 15) is 5.11 Å². The summed E-state index contributed by atoms with van der Waals surface area (Å²) < 4.78 is 2.09. The van der Waals surface area contributed by atoms with Gasteiger partial charge in [-0.05, 0) is 38.5 Å². The van der Waals surface area contributed by atoms with E-state index in [2.05, 4.69) is 15.5 Å². The van der Waals surface area contributed by atoms with Crippen LogP contribution in [0.1, 0.15) is 25.7 Å². The highest BCUT2D eigenvalue weighted by Gasteiger charge is 2.40. The van der Waals surface area contributed by atoms with Gasteiger partial charge in [-0.25, -0.2) is 0 Å². The highest BCUT2D eigenvalue weighted by Crippen LogP contribution is 2.39. The van der Waals surface area contributed by atoms with Gasteiger partial charge in [-0.3, -0.25) is 0 Å². The maximum atomic E-state index is 9.65. The van der Waals surface area contributed by atoms with Crippen LogP contribution in [0.4, 0.5) is 0 Å². The summed E-state index contributed by atoms with van der Waals surface area (Å²) >= 11 is 5.10. The summed E-state index contributed by atoms with van der Waals surface area (Å²) in [5.41, 5.74) is -0.0495. The molecule has 2 atom stereocenters. The first kappa shape index (κ1) is 15.6. The Labute approximate surface area is 127 Å². The standard InChI is InChI=1S/C12H21N3OS3/c1-13-12(8-16)6-3-4-9(12)5-7-18-11-15-14-10(17-2)19-11/h9,13,16H,3-8H2,1-2H3. The van der Waals surface area contributed by atoms with E-state index in [-0.39, 0.29) is 12.1 Å². The fourth-order valence-corrected chi connectivity index (χ4v) is 5.37. The van der Waals surface area contributed by atoms with E-state index in [4.69, 9.17) is 0 Å². The zero-order chi connectivity index (χ0) is 13.7. The number of hydrogen-bond acceptors (Lipinski definition) is 7. The number of nitrogens with zero attached hydrogens (tertiary/aromatic N) is 2. The number of thioether (sulfide) groups is 2. The van der Waals surface area contributed by atoms with Gasteiger partial charge in [-0.1, -0.05) is 41.3 Å². The fraction of sp³-hybridized carbons (Fsp3) is 0.833. The van der Waals surface area contributed by atoms with Crippen LogP contribution in [0, 0.1) is 5.92 Å². The molecule has 1 aromatic heterocycles.